The molecule has 0 fully saturated rings. The molecule has 0 radical (unpaired) electrons. The van der Waals surface area contributed by atoms with Gasteiger partial charge in [-0.1, -0.05) is 23.7 Å². The van der Waals surface area contributed by atoms with Crippen molar-refractivity contribution < 1.29 is 14.2 Å². The minimum atomic E-state index is 0.0754. The Morgan fingerprint density at radius 3 is 2.19 bits per heavy atom. The number of ether oxygens (including phenoxy) is 3. The van der Waals surface area contributed by atoms with E-state index >= 15 is 0 Å². The van der Waals surface area contributed by atoms with Gasteiger partial charge in [0, 0.05) is 11.6 Å². The second-order valence-electron chi connectivity index (χ2n) is 5.39. The van der Waals surface area contributed by atoms with Crippen LogP contribution < -0.4 is 19.9 Å². The van der Waals surface area contributed by atoms with Gasteiger partial charge in [0.15, 0.2) is 0 Å². The van der Waals surface area contributed by atoms with E-state index in [2.05, 4.69) is 9.97 Å². The van der Waals surface area contributed by atoms with E-state index in [0.29, 0.717) is 22.8 Å². The number of aromatic nitrogens is 2. The highest BCUT2D eigenvalue weighted by atomic mass is 35.5. The quantitative estimate of drug-likeness (QED) is 0.681. The minimum absolute atomic E-state index is 0.0754. The van der Waals surface area contributed by atoms with Gasteiger partial charge in [-0.25, -0.2) is 9.97 Å². The molecule has 3 rings (SSSR count). The highest BCUT2D eigenvalue weighted by Crippen LogP contribution is 2.44. The van der Waals surface area contributed by atoms with E-state index in [9.17, 15) is 0 Å². The molecule has 0 bridgehead atoms. The topological polar surface area (TPSA) is 79.5 Å². The lowest BCUT2D eigenvalue weighted by Gasteiger charge is -2.17. The van der Waals surface area contributed by atoms with Crippen molar-refractivity contribution in [3.63, 3.8) is 0 Å². The normalized spacial score (nSPS) is 10.5. The zero-order chi connectivity index (χ0) is 18.7. The zero-order valence-electron chi connectivity index (χ0n) is 14.6. The van der Waals surface area contributed by atoms with E-state index < -0.39 is 0 Å². The molecule has 0 atom stereocenters. The third-order valence-electron chi connectivity index (χ3n) is 3.91. The Morgan fingerprint density at radius 2 is 1.62 bits per heavy atom. The molecule has 0 amide bonds. The van der Waals surface area contributed by atoms with Gasteiger partial charge < -0.3 is 19.9 Å². The summed E-state index contributed by atoms with van der Waals surface area (Å²) in [6.07, 6.45) is 0. The Balaban J connectivity index is 2.25. The van der Waals surface area contributed by atoms with Gasteiger partial charge >= 0.3 is 0 Å². The molecule has 0 spiro atoms. The maximum atomic E-state index is 6.05. The molecule has 1 heterocycles. The molecule has 3 aromatic rings. The summed E-state index contributed by atoms with van der Waals surface area (Å²) in [6.45, 7) is 0. The molecule has 2 aromatic carbocycles. The van der Waals surface area contributed by atoms with E-state index in [0.717, 1.165) is 16.9 Å². The SMILES string of the molecule is COc1ccc(-c2ccc(OC)c(-c3cc(Cl)nc(N)n3)c2OC)cc1. The van der Waals surface area contributed by atoms with Crippen LogP contribution in [0.2, 0.25) is 5.15 Å². The number of hydrogen-bond donors (Lipinski definition) is 1. The third kappa shape index (κ3) is 3.36. The van der Waals surface area contributed by atoms with Crippen LogP contribution in [0.25, 0.3) is 22.4 Å². The number of rotatable bonds is 5. The van der Waals surface area contributed by atoms with Crippen molar-refractivity contribution in [3.8, 4) is 39.6 Å². The van der Waals surface area contributed by atoms with Gasteiger partial charge in [-0.3, -0.25) is 0 Å². The lowest BCUT2D eigenvalue weighted by atomic mass is 9.98. The van der Waals surface area contributed by atoms with Crippen LogP contribution in [0.4, 0.5) is 5.95 Å². The number of benzene rings is 2. The Labute approximate surface area is 156 Å². The van der Waals surface area contributed by atoms with Crippen molar-refractivity contribution in [1.82, 2.24) is 9.97 Å². The fourth-order valence-corrected chi connectivity index (χ4v) is 2.94. The molecule has 26 heavy (non-hydrogen) atoms. The first-order valence-electron chi connectivity index (χ1n) is 7.77. The molecule has 0 aliphatic rings. The molecular formula is C19H18ClN3O3. The standard InChI is InChI=1S/C19H18ClN3O3/c1-24-12-6-4-11(5-7-12)13-8-9-15(25-2)17(18(13)26-3)14-10-16(20)23-19(21)22-14/h4-10H,1-3H3,(H2,21,22,23). The largest absolute Gasteiger partial charge is 0.497 e. The van der Waals surface area contributed by atoms with Crippen LogP contribution in [-0.2, 0) is 0 Å². The molecule has 7 heteroatoms. The molecule has 6 nitrogen and oxygen atoms in total. The second-order valence-corrected chi connectivity index (χ2v) is 5.77. The molecular weight excluding hydrogens is 354 g/mol. The summed E-state index contributed by atoms with van der Waals surface area (Å²) in [5.41, 5.74) is 8.76. The van der Waals surface area contributed by atoms with Crippen LogP contribution in [0.1, 0.15) is 0 Å². The predicted molar refractivity (Wildman–Crippen MR) is 102 cm³/mol. The maximum absolute atomic E-state index is 6.05. The van der Waals surface area contributed by atoms with Crippen molar-refractivity contribution in [2.24, 2.45) is 0 Å². The van der Waals surface area contributed by atoms with Crippen molar-refractivity contribution in [2.45, 2.75) is 0 Å². The fourth-order valence-electron chi connectivity index (χ4n) is 2.75. The molecule has 2 N–H and O–H groups in total. The summed E-state index contributed by atoms with van der Waals surface area (Å²) in [5, 5.41) is 0.242. The number of anilines is 1. The minimum Gasteiger partial charge on any atom is -0.497 e. The van der Waals surface area contributed by atoms with Gasteiger partial charge in [-0.15, -0.1) is 0 Å². The Morgan fingerprint density at radius 1 is 0.885 bits per heavy atom. The average molecular weight is 372 g/mol. The zero-order valence-corrected chi connectivity index (χ0v) is 15.4. The van der Waals surface area contributed by atoms with E-state index in [1.54, 1.807) is 27.4 Å². The smallest absolute Gasteiger partial charge is 0.221 e. The van der Waals surface area contributed by atoms with Gasteiger partial charge in [-0.05, 0) is 29.8 Å². The highest BCUT2D eigenvalue weighted by molar-refractivity contribution is 6.29. The lowest BCUT2D eigenvalue weighted by molar-refractivity contribution is 0.398. The van der Waals surface area contributed by atoms with Crippen molar-refractivity contribution in [3.05, 3.63) is 47.6 Å². The van der Waals surface area contributed by atoms with Crippen LogP contribution >= 0.6 is 11.6 Å². The maximum Gasteiger partial charge on any atom is 0.221 e. The van der Waals surface area contributed by atoms with E-state index in [1.165, 1.54) is 0 Å². The predicted octanol–water partition coefficient (Wildman–Crippen LogP) is 4.07. The van der Waals surface area contributed by atoms with Crippen LogP contribution in [0.15, 0.2) is 42.5 Å². The molecule has 0 unspecified atom stereocenters. The van der Waals surface area contributed by atoms with E-state index in [4.69, 9.17) is 31.5 Å². The number of nitrogen functional groups attached to an aromatic ring is 1. The molecule has 0 saturated carbocycles. The van der Waals surface area contributed by atoms with Crippen molar-refractivity contribution in [1.29, 1.82) is 0 Å². The highest BCUT2D eigenvalue weighted by Gasteiger charge is 2.20. The van der Waals surface area contributed by atoms with Crippen LogP contribution in [0.5, 0.6) is 17.2 Å². The number of nitrogens with zero attached hydrogens (tertiary/aromatic N) is 2. The Kier molecular flexibility index (Phi) is 5.14. The van der Waals surface area contributed by atoms with Gasteiger partial charge in [0.1, 0.15) is 22.4 Å². The summed E-state index contributed by atoms with van der Waals surface area (Å²) in [6, 6.07) is 13.1. The first-order valence-corrected chi connectivity index (χ1v) is 8.15. The number of nitrogens with two attached hydrogens (primary N) is 1. The van der Waals surface area contributed by atoms with Crippen molar-refractivity contribution in [2.75, 3.05) is 27.1 Å². The van der Waals surface area contributed by atoms with Gasteiger partial charge in [-0.2, -0.15) is 0 Å². The first-order chi connectivity index (χ1) is 12.6. The molecule has 1 aromatic heterocycles. The number of halogens is 1. The van der Waals surface area contributed by atoms with Crippen LogP contribution in [-0.4, -0.2) is 31.3 Å². The van der Waals surface area contributed by atoms with Crippen LogP contribution in [0, 0.1) is 0 Å². The first kappa shape index (κ1) is 17.8. The molecule has 0 saturated heterocycles. The van der Waals surface area contributed by atoms with E-state index in [-0.39, 0.29) is 11.1 Å². The number of methoxy groups -OCH3 is 3. The average Bonchev–Trinajstić information content (AvgIpc) is 2.66. The van der Waals surface area contributed by atoms with Gasteiger partial charge in [0.05, 0.1) is 32.6 Å². The summed E-state index contributed by atoms with van der Waals surface area (Å²) < 4.78 is 16.4. The summed E-state index contributed by atoms with van der Waals surface area (Å²) in [4.78, 5) is 8.19. The summed E-state index contributed by atoms with van der Waals surface area (Å²) in [7, 11) is 4.80. The van der Waals surface area contributed by atoms with Gasteiger partial charge in [0.25, 0.3) is 0 Å². The monoisotopic (exact) mass is 371 g/mol. The van der Waals surface area contributed by atoms with Gasteiger partial charge in [0.2, 0.25) is 5.95 Å². The molecule has 134 valence electrons. The Hall–Kier alpha value is -2.99. The molecule has 0 aliphatic heterocycles. The molecule has 0 aliphatic carbocycles. The van der Waals surface area contributed by atoms with Crippen LogP contribution in [0.3, 0.4) is 0 Å². The summed E-state index contributed by atoms with van der Waals surface area (Å²) >= 11 is 6.05. The fraction of sp³-hybridized carbons (Fsp3) is 0.158. The lowest BCUT2D eigenvalue weighted by Crippen LogP contribution is -2.01. The third-order valence-corrected chi connectivity index (χ3v) is 4.11. The summed E-state index contributed by atoms with van der Waals surface area (Å²) in [5.74, 6) is 2.04. The second kappa shape index (κ2) is 7.49. The van der Waals surface area contributed by atoms with Crippen molar-refractivity contribution >= 4 is 17.5 Å². The van der Waals surface area contributed by atoms with E-state index in [1.807, 2.05) is 36.4 Å². The number of hydrogen-bond acceptors (Lipinski definition) is 6. The Bertz CT molecular complexity index is 910.